The zero-order valence-electron chi connectivity index (χ0n) is 18.0. The SMILES string of the molecule is COc1cccc(C2CC(c3cccc(C)c3)=NN2C(=O)CN2CCN(C)CC2)c1. The summed E-state index contributed by atoms with van der Waals surface area (Å²) >= 11 is 0. The van der Waals surface area contributed by atoms with Crippen molar-refractivity contribution >= 4 is 11.6 Å². The fraction of sp³-hybridized carbons (Fsp3) is 0.417. The van der Waals surface area contributed by atoms with Gasteiger partial charge in [0, 0.05) is 32.6 Å². The van der Waals surface area contributed by atoms with Crippen LogP contribution in [0.1, 0.15) is 29.2 Å². The number of rotatable bonds is 5. The van der Waals surface area contributed by atoms with Crippen LogP contribution in [0.5, 0.6) is 5.75 Å². The Kier molecular flexibility index (Phi) is 6.16. The summed E-state index contributed by atoms with van der Waals surface area (Å²) < 4.78 is 5.42. The Bertz CT molecular complexity index is 934. The number of likely N-dealkylation sites (N-methyl/N-ethyl adjacent to an activating group) is 1. The third-order valence-corrected chi connectivity index (χ3v) is 5.95. The Morgan fingerprint density at radius 3 is 2.60 bits per heavy atom. The van der Waals surface area contributed by atoms with E-state index in [-0.39, 0.29) is 11.9 Å². The third kappa shape index (κ3) is 4.55. The molecule has 1 unspecified atom stereocenters. The van der Waals surface area contributed by atoms with Crippen LogP contribution in [0, 0.1) is 6.92 Å². The molecule has 6 heteroatoms. The monoisotopic (exact) mass is 406 g/mol. The summed E-state index contributed by atoms with van der Waals surface area (Å²) in [5, 5.41) is 6.51. The molecule has 0 saturated carbocycles. The lowest BCUT2D eigenvalue weighted by Crippen LogP contribution is -2.48. The number of aryl methyl sites for hydroxylation is 1. The van der Waals surface area contributed by atoms with Gasteiger partial charge in [0.2, 0.25) is 0 Å². The first-order chi connectivity index (χ1) is 14.5. The quantitative estimate of drug-likeness (QED) is 0.766. The van der Waals surface area contributed by atoms with Gasteiger partial charge in [-0.05, 0) is 37.2 Å². The molecule has 2 aliphatic heterocycles. The smallest absolute Gasteiger partial charge is 0.257 e. The van der Waals surface area contributed by atoms with Crippen LogP contribution in [0.2, 0.25) is 0 Å². The number of ether oxygens (including phenoxy) is 1. The van der Waals surface area contributed by atoms with Crippen LogP contribution in [0.15, 0.2) is 53.6 Å². The van der Waals surface area contributed by atoms with Crippen molar-refractivity contribution in [3.8, 4) is 5.75 Å². The number of benzene rings is 2. The van der Waals surface area contributed by atoms with E-state index in [0.717, 1.165) is 48.8 Å². The highest BCUT2D eigenvalue weighted by atomic mass is 16.5. The van der Waals surface area contributed by atoms with Crippen molar-refractivity contribution < 1.29 is 9.53 Å². The molecular formula is C24H30N4O2. The van der Waals surface area contributed by atoms with E-state index in [1.165, 1.54) is 5.56 Å². The molecule has 4 rings (SSSR count). The van der Waals surface area contributed by atoms with Gasteiger partial charge in [0.15, 0.2) is 0 Å². The molecule has 6 nitrogen and oxygen atoms in total. The number of hydrogen-bond donors (Lipinski definition) is 0. The molecular weight excluding hydrogens is 376 g/mol. The molecule has 0 radical (unpaired) electrons. The zero-order valence-corrected chi connectivity index (χ0v) is 18.0. The Morgan fingerprint density at radius 1 is 1.10 bits per heavy atom. The highest BCUT2D eigenvalue weighted by Gasteiger charge is 2.34. The fourth-order valence-corrected chi connectivity index (χ4v) is 4.12. The van der Waals surface area contributed by atoms with Crippen LogP contribution in [-0.4, -0.2) is 73.3 Å². The van der Waals surface area contributed by atoms with E-state index in [1.54, 1.807) is 12.1 Å². The van der Waals surface area contributed by atoms with E-state index in [2.05, 4.69) is 48.0 Å². The molecule has 0 spiro atoms. The van der Waals surface area contributed by atoms with Crippen molar-refractivity contribution in [1.82, 2.24) is 14.8 Å². The van der Waals surface area contributed by atoms with Gasteiger partial charge < -0.3 is 9.64 Å². The lowest BCUT2D eigenvalue weighted by atomic mass is 9.97. The summed E-state index contributed by atoms with van der Waals surface area (Å²) in [5.41, 5.74) is 4.28. The number of methoxy groups -OCH3 is 1. The average molecular weight is 407 g/mol. The van der Waals surface area contributed by atoms with Crippen LogP contribution >= 0.6 is 0 Å². The molecule has 0 bridgehead atoms. The molecule has 0 aliphatic carbocycles. The lowest BCUT2D eigenvalue weighted by Gasteiger charge is -2.33. The first kappa shape index (κ1) is 20.6. The Labute approximate surface area is 178 Å². The minimum atomic E-state index is -0.115. The van der Waals surface area contributed by atoms with Crippen molar-refractivity contribution in [3.63, 3.8) is 0 Å². The van der Waals surface area contributed by atoms with Crippen molar-refractivity contribution in [2.75, 3.05) is 46.9 Å². The maximum Gasteiger partial charge on any atom is 0.257 e. The molecule has 158 valence electrons. The molecule has 1 amide bonds. The van der Waals surface area contributed by atoms with Gasteiger partial charge in [-0.15, -0.1) is 0 Å². The summed E-state index contributed by atoms with van der Waals surface area (Å²) in [6.45, 7) is 6.28. The first-order valence-electron chi connectivity index (χ1n) is 10.5. The normalized spacial score (nSPS) is 20.3. The number of amides is 1. The minimum absolute atomic E-state index is 0.0510. The van der Waals surface area contributed by atoms with Crippen LogP contribution in [0.4, 0.5) is 0 Å². The highest BCUT2D eigenvalue weighted by molar-refractivity contribution is 6.03. The second-order valence-electron chi connectivity index (χ2n) is 8.23. The van der Waals surface area contributed by atoms with E-state index >= 15 is 0 Å². The molecule has 2 aromatic rings. The minimum Gasteiger partial charge on any atom is -0.497 e. The van der Waals surface area contributed by atoms with Gasteiger partial charge in [-0.25, -0.2) is 5.01 Å². The maximum atomic E-state index is 13.3. The Hall–Kier alpha value is -2.70. The summed E-state index contributed by atoms with van der Waals surface area (Å²) in [6, 6.07) is 16.2. The largest absolute Gasteiger partial charge is 0.497 e. The lowest BCUT2D eigenvalue weighted by molar-refractivity contribution is -0.134. The molecule has 1 atom stereocenters. The van der Waals surface area contributed by atoms with Crippen molar-refractivity contribution in [3.05, 3.63) is 65.2 Å². The van der Waals surface area contributed by atoms with Gasteiger partial charge in [0.05, 0.1) is 25.4 Å². The molecule has 0 aromatic heterocycles. The van der Waals surface area contributed by atoms with Crippen molar-refractivity contribution in [2.45, 2.75) is 19.4 Å². The van der Waals surface area contributed by atoms with Crippen LogP contribution in [0.3, 0.4) is 0 Å². The number of hydrogen-bond acceptors (Lipinski definition) is 5. The van der Waals surface area contributed by atoms with E-state index < -0.39 is 0 Å². The van der Waals surface area contributed by atoms with Crippen molar-refractivity contribution in [1.29, 1.82) is 0 Å². The van der Waals surface area contributed by atoms with Gasteiger partial charge in [0.25, 0.3) is 5.91 Å². The molecule has 2 aromatic carbocycles. The van der Waals surface area contributed by atoms with Gasteiger partial charge in [0.1, 0.15) is 5.75 Å². The molecule has 1 saturated heterocycles. The Balaban J connectivity index is 1.60. The van der Waals surface area contributed by atoms with Gasteiger partial charge >= 0.3 is 0 Å². The fourth-order valence-electron chi connectivity index (χ4n) is 4.12. The Morgan fingerprint density at radius 2 is 1.87 bits per heavy atom. The highest BCUT2D eigenvalue weighted by Crippen LogP contribution is 2.34. The second kappa shape index (κ2) is 8.98. The van der Waals surface area contributed by atoms with E-state index in [9.17, 15) is 4.79 Å². The van der Waals surface area contributed by atoms with E-state index in [0.29, 0.717) is 13.0 Å². The van der Waals surface area contributed by atoms with E-state index in [4.69, 9.17) is 9.84 Å². The van der Waals surface area contributed by atoms with Crippen LogP contribution < -0.4 is 4.74 Å². The standard InChI is InChI=1S/C24H30N4O2/c1-18-6-4-7-19(14-18)22-16-23(20-8-5-9-21(15-20)30-3)28(25-22)24(29)17-27-12-10-26(2)11-13-27/h4-9,14-15,23H,10-13,16-17H2,1-3H3. The third-order valence-electron chi connectivity index (χ3n) is 5.95. The molecule has 1 fully saturated rings. The average Bonchev–Trinajstić information content (AvgIpc) is 3.21. The molecule has 30 heavy (non-hydrogen) atoms. The van der Waals surface area contributed by atoms with E-state index in [1.807, 2.05) is 24.3 Å². The first-order valence-corrected chi connectivity index (χ1v) is 10.5. The zero-order chi connectivity index (χ0) is 21.1. The van der Waals surface area contributed by atoms with Gasteiger partial charge in [-0.2, -0.15) is 5.10 Å². The number of piperazine rings is 1. The molecule has 0 N–H and O–H groups in total. The van der Waals surface area contributed by atoms with Crippen LogP contribution in [0.25, 0.3) is 0 Å². The number of carbonyl (C=O) groups excluding carboxylic acids is 1. The maximum absolute atomic E-state index is 13.3. The predicted molar refractivity (Wildman–Crippen MR) is 119 cm³/mol. The number of hydrazone groups is 1. The summed E-state index contributed by atoms with van der Waals surface area (Å²) in [6.07, 6.45) is 0.700. The summed E-state index contributed by atoms with van der Waals surface area (Å²) in [7, 11) is 3.79. The van der Waals surface area contributed by atoms with Crippen LogP contribution in [-0.2, 0) is 4.79 Å². The summed E-state index contributed by atoms with van der Waals surface area (Å²) in [5.74, 6) is 0.845. The molecule has 2 aliphatic rings. The predicted octanol–water partition coefficient (Wildman–Crippen LogP) is 2.93. The van der Waals surface area contributed by atoms with Crippen molar-refractivity contribution in [2.24, 2.45) is 5.10 Å². The molecule has 2 heterocycles. The number of carbonyl (C=O) groups is 1. The topological polar surface area (TPSA) is 48.4 Å². The summed E-state index contributed by atoms with van der Waals surface area (Å²) in [4.78, 5) is 17.8. The number of nitrogens with zero attached hydrogens (tertiary/aromatic N) is 4. The second-order valence-corrected chi connectivity index (χ2v) is 8.23. The van der Waals surface area contributed by atoms with Gasteiger partial charge in [-0.3, -0.25) is 9.69 Å². The van der Waals surface area contributed by atoms with Gasteiger partial charge in [-0.1, -0.05) is 42.0 Å².